The predicted octanol–water partition coefficient (Wildman–Crippen LogP) is 4.07. The van der Waals surface area contributed by atoms with Crippen LogP contribution in [0.4, 0.5) is 9.18 Å². The van der Waals surface area contributed by atoms with Gasteiger partial charge in [-0.15, -0.1) is 0 Å². The molecule has 0 saturated carbocycles. The molecule has 0 aliphatic heterocycles. The van der Waals surface area contributed by atoms with E-state index in [2.05, 4.69) is 5.32 Å². The minimum Gasteiger partial charge on any atom is -0.444 e. The molecule has 0 saturated heterocycles. The molecule has 1 aromatic carbocycles. The summed E-state index contributed by atoms with van der Waals surface area (Å²) in [6.07, 6.45) is -0.340. The van der Waals surface area contributed by atoms with Gasteiger partial charge in [0.25, 0.3) is 0 Å². The molecule has 0 aliphatic rings. The fraction of sp³-hybridized carbons (Fsp3) is 0.588. The highest BCUT2D eigenvalue weighted by molar-refractivity contribution is 6.30. The van der Waals surface area contributed by atoms with Gasteiger partial charge in [-0.1, -0.05) is 24.6 Å². The lowest BCUT2D eigenvalue weighted by Crippen LogP contribution is -2.38. The van der Waals surface area contributed by atoms with Gasteiger partial charge in [-0.2, -0.15) is 0 Å². The van der Waals surface area contributed by atoms with Crippen molar-refractivity contribution >= 4 is 17.7 Å². The van der Waals surface area contributed by atoms with E-state index in [1.807, 2.05) is 27.7 Å². The van der Waals surface area contributed by atoms with Crippen LogP contribution in [0.5, 0.6) is 0 Å². The van der Waals surface area contributed by atoms with E-state index in [1.54, 1.807) is 24.1 Å². The molecule has 1 unspecified atom stereocenters. The van der Waals surface area contributed by atoms with Crippen LogP contribution in [0.25, 0.3) is 0 Å². The molecule has 6 heteroatoms. The van der Waals surface area contributed by atoms with Gasteiger partial charge >= 0.3 is 6.09 Å². The Kier molecular flexibility index (Phi) is 7.29. The first-order valence-electron chi connectivity index (χ1n) is 7.67. The van der Waals surface area contributed by atoms with Crippen LogP contribution in [0, 0.1) is 11.7 Å². The number of nitrogens with one attached hydrogen (secondary N) is 1. The molecule has 1 atom stereocenters. The molecule has 0 fully saturated rings. The summed E-state index contributed by atoms with van der Waals surface area (Å²) in [5, 5.41) is 3.58. The number of hydrogen-bond acceptors (Lipinski definition) is 3. The zero-order valence-electron chi connectivity index (χ0n) is 14.5. The molecule has 1 N–H and O–H groups in total. The molecule has 0 radical (unpaired) electrons. The maximum Gasteiger partial charge on any atom is 0.410 e. The first kappa shape index (κ1) is 19.7. The summed E-state index contributed by atoms with van der Waals surface area (Å²) < 4.78 is 19.0. The molecular formula is C17H26ClFN2O2. The molecular weight excluding hydrogens is 319 g/mol. The number of amides is 1. The monoisotopic (exact) mass is 344 g/mol. The van der Waals surface area contributed by atoms with E-state index in [4.69, 9.17) is 16.3 Å². The lowest BCUT2D eigenvalue weighted by molar-refractivity contribution is 0.0277. The second-order valence-corrected chi connectivity index (χ2v) is 7.27. The summed E-state index contributed by atoms with van der Waals surface area (Å²) in [5.41, 5.74) is 0.0703. The zero-order chi connectivity index (χ0) is 17.6. The molecule has 0 spiro atoms. The highest BCUT2D eigenvalue weighted by Crippen LogP contribution is 2.14. The molecule has 23 heavy (non-hydrogen) atoms. The quantitative estimate of drug-likeness (QED) is 0.845. The minimum absolute atomic E-state index is 0.211. The molecule has 4 nitrogen and oxygen atoms in total. The third-order valence-corrected chi connectivity index (χ3v) is 3.35. The van der Waals surface area contributed by atoms with E-state index in [1.165, 1.54) is 6.07 Å². The van der Waals surface area contributed by atoms with Gasteiger partial charge < -0.3 is 15.0 Å². The van der Waals surface area contributed by atoms with Crippen molar-refractivity contribution in [2.24, 2.45) is 5.92 Å². The van der Waals surface area contributed by atoms with Gasteiger partial charge in [0, 0.05) is 30.7 Å². The smallest absolute Gasteiger partial charge is 0.410 e. The molecule has 0 aromatic heterocycles. The number of benzene rings is 1. The van der Waals surface area contributed by atoms with E-state index in [0.717, 1.165) is 0 Å². The van der Waals surface area contributed by atoms with Crippen LogP contribution in [0.1, 0.15) is 33.3 Å². The SMILES string of the molecule is CC(CNCc1ccc(Cl)cc1F)CN(C)C(=O)OC(C)(C)C. The number of carbonyl (C=O) groups is 1. The lowest BCUT2D eigenvalue weighted by atomic mass is 10.1. The van der Waals surface area contributed by atoms with Crippen molar-refractivity contribution in [3.63, 3.8) is 0 Å². The maximum absolute atomic E-state index is 13.7. The number of rotatable bonds is 6. The van der Waals surface area contributed by atoms with E-state index < -0.39 is 5.60 Å². The summed E-state index contributed by atoms with van der Waals surface area (Å²) in [5.74, 6) is -0.105. The first-order chi connectivity index (χ1) is 10.6. The van der Waals surface area contributed by atoms with Crippen molar-refractivity contribution in [1.82, 2.24) is 10.2 Å². The maximum atomic E-state index is 13.7. The highest BCUT2D eigenvalue weighted by atomic mass is 35.5. The zero-order valence-corrected chi connectivity index (χ0v) is 15.2. The summed E-state index contributed by atoms with van der Waals surface area (Å²) in [6.45, 7) is 9.18. The van der Waals surface area contributed by atoms with Gasteiger partial charge in [0.15, 0.2) is 0 Å². The Morgan fingerprint density at radius 2 is 2.09 bits per heavy atom. The molecule has 130 valence electrons. The van der Waals surface area contributed by atoms with Crippen molar-refractivity contribution in [3.05, 3.63) is 34.6 Å². The van der Waals surface area contributed by atoms with Gasteiger partial charge in [-0.05, 0) is 45.4 Å². The fourth-order valence-electron chi connectivity index (χ4n) is 2.06. The van der Waals surface area contributed by atoms with Crippen molar-refractivity contribution in [2.75, 3.05) is 20.1 Å². The third kappa shape index (κ3) is 7.66. The molecule has 1 amide bonds. The van der Waals surface area contributed by atoms with Crippen LogP contribution in [-0.4, -0.2) is 36.7 Å². The Morgan fingerprint density at radius 3 is 2.65 bits per heavy atom. The van der Waals surface area contributed by atoms with Crippen LogP contribution in [-0.2, 0) is 11.3 Å². The second kappa shape index (κ2) is 8.50. The Balaban J connectivity index is 2.36. The minimum atomic E-state index is -0.501. The van der Waals surface area contributed by atoms with Gasteiger partial charge in [-0.25, -0.2) is 9.18 Å². The summed E-state index contributed by atoms with van der Waals surface area (Å²) >= 11 is 5.72. The van der Waals surface area contributed by atoms with Gasteiger partial charge in [-0.3, -0.25) is 0 Å². The number of nitrogens with zero attached hydrogens (tertiary/aromatic N) is 1. The summed E-state index contributed by atoms with van der Waals surface area (Å²) in [6, 6.07) is 4.64. The lowest BCUT2D eigenvalue weighted by Gasteiger charge is -2.26. The Bertz CT molecular complexity index is 532. The van der Waals surface area contributed by atoms with E-state index >= 15 is 0 Å². The van der Waals surface area contributed by atoms with Gasteiger partial charge in [0.2, 0.25) is 0 Å². The Labute approximate surface area is 142 Å². The van der Waals surface area contributed by atoms with Crippen LogP contribution in [0.2, 0.25) is 5.02 Å². The number of carbonyl (C=O) groups excluding carboxylic acids is 1. The van der Waals surface area contributed by atoms with Crippen molar-refractivity contribution in [3.8, 4) is 0 Å². The number of halogens is 2. The van der Waals surface area contributed by atoms with Crippen molar-refractivity contribution < 1.29 is 13.9 Å². The molecule has 1 rings (SSSR count). The van der Waals surface area contributed by atoms with Crippen molar-refractivity contribution in [1.29, 1.82) is 0 Å². The average molecular weight is 345 g/mol. The first-order valence-corrected chi connectivity index (χ1v) is 8.05. The standard InChI is InChI=1S/C17H26ClFN2O2/c1-12(11-21(5)16(22)23-17(2,3)4)9-20-10-13-6-7-14(18)8-15(13)19/h6-8,12,20H,9-11H2,1-5H3. The largest absolute Gasteiger partial charge is 0.444 e. The van der Waals surface area contributed by atoms with Crippen LogP contribution < -0.4 is 5.32 Å². The Morgan fingerprint density at radius 1 is 1.43 bits per heavy atom. The Hall–Kier alpha value is -1.33. The summed E-state index contributed by atoms with van der Waals surface area (Å²) in [4.78, 5) is 13.4. The molecule has 0 heterocycles. The topological polar surface area (TPSA) is 41.6 Å². The predicted molar refractivity (Wildman–Crippen MR) is 91.1 cm³/mol. The third-order valence-electron chi connectivity index (χ3n) is 3.11. The van der Waals surface area contributed by atoms with Crippen molar-refractivity contribution in [2.45, 2.75) is 39.8 Å². The molecule has 0 aliphatic carbocycles. The average Bonchev–Trinajstić information content (AvgIpc) is 2.39. The number of hydrogen-bond donors (Lipinski definition) is 1. The normalized spacial score (nSPS) is 12.8. The molecule has 0 bridgehead atoms. The van der Waals surface area contributed by atoms with E-state index in [-0.39, 0.29) is 17.8 Å². The van der Waals surface area contributed by atoms with E-state index in [9.17, 15) is 9.18 Å². The van der Waals surface area contributed by atoms with Gasteiger partial charge in [0.1, 0.15) is 11.4 Å². The van der Waals surface area contributed by atoms with Crippen LogP contribution in [0.15, 0.2) is 18.2 Å². The second-order valence-electron chi connectivity index (χ2n) is 6.83. The molecule has 1 aromatic rings. The fourth-order valence-corrected chi connectivity index (χ4v) is 2.22. The van der Waals surface area contributed by atoms with Crippen LogP contribution in [0.3, 0.4) is 0 Å². The van der Waals surface area contributed by atoms with Gasteiger partial charge in [0.05, 0.1) is 0 Å². The number of ether oxygens (including phenoxy) is 1. The van der Waals surface area contributed by atoms with Crippen LogP contribution >= 0.6 is 11.6 Å². The summed E-state index contributed by atoms with van der Waals surface area (Å²) in [7, 11) is 1.71. The van der Waals surface area contributed by atoms with E-state index in [0.29, 0.717) is 30.2 Å². The highest BCUT2D eigenvalue weighted by Gasteiger charge is 2.20.